The fourth-order valence-corrected chi connectivity index (χ4v) is 9.99. The summed E-state index contributed by atoms with van der Waals surface area (Å²) in [4.78, 5) is 24.6. The van der Waals surface area contributed by atoms with E-state index in [2.05, 4.69) is 19.2 Å². The van der Waals surface area contributed by atoms with Crippen molar-refractivity contribution in [2.24, 2.45) is 0 Å². The first-order valence-corrected chi connectivity index (χ1v) is 31.5. The summed E-state index contributed by atoms with van der Waals surface area (Å²) < 4.78 is 5.48. The van der Waals surface area contributed by atoms with Crippen LogP contribution in [0.5, 0.6) is 0 Å². The van der Waals surface area contributed by atoms with Crippen molar-refractivity contribution in [1.29, 1.82) is 0 Å². The zero-order valence-electron chi connectivity index (χ0n) is 46.8. The SMILES string of the molecule is CCCCCCCCCCCCCCCCCCCCCCCCC/C=C/C(O)C(CO)NC(=O)CCCCCCCCCCCCCCCOC(=O)CCCCCCCCCCCCCCCC. The maximum Gasteiger partial charge on any atom is 0.305 e. The number of aliphatic hydroxyl groups excluding tert-OH is 2. The number of nitrogens with one attached hydrogen (secondary N) is 1. The molecule has 69 heavy (non-hydrogen) atoms. The third-order valence-electron chi connectivity index (χ3n) is 14.8. The lowest BCUT2D eigenvalue weighted by Gasteiger charge is -2.20. The summed E-state index contributed by atoms with van der Waals surface area (Å²) in [6.45, 7) is 4.91. The summed E-state index contributed by atoms with van der Waals surface area (Å²) >= 11 is 0. The van der Waals surface area contributed by atoms with Gasteiger partial charge in [0.25, 0.3) is 0 Å². The Morgan fingerprint density at radius 2 is 0.667 bits per heavy atom. The number of hydrogen-bond acceptors (Lipinski definition) is 5. The van der Waals surface area contributed by atoms with Crippen molar-refractivity contribution in [3.05, 3.63) is 12.2 Å². The molecule has 0 aromatic carbocycles. The molecule has 0 fully saturated rings. The van der Waals surface area contributed by atoms with E-state index in [9.17, 15) is 19.8 Å². The zero-order valence-corrected chi connectivity index (χ0v) is 46.8. The van der Waals surface area contributed by atoms with Crippen LogP contribution in [0.2, 0.25) is 0 Å². The first-order chi connectivity index (χ1) is 34.0. The summed E-state index contributed by atoms with van der Waals surface area (Å²) in [6.07, 6.45) is 71.1. The largest absolute Gasteiger partial charge is 0.466 e. The molecule has 0 spiro atoms. The Bertz CT molecular complexity index is 1030. The van der Waals surface area contributed by atoms with Crippen molar-refractivity contribution in [3.8, 4) is 0 Å². The van der Waals surface area contributed by atoms with Gasteiger partial charge in [-0.15, -0.1) is 0 Å². The van der Waals surface area contributed by atoms with Gasteiger partial charge in [-0.2, -0.15) is 0 Å². The second-order valence-electron chi connectivity index (χ2n) is 21.8. The lowest BCUT2D eigenvalue weighted by atomic mass is 10.0. The molecule has 0 aromatic heterocycles. The van der Waals surface area contributed by atoms with Gasteiger partial charge in [0.15, 0.2) is 0 Å². The van der Waals surface area contributed by atoms with Crippen molar-refractivity contribution in [2.75, 3.05) is 13.2 Å². The number of carbonyl (C=O) groups is 2. The number of ether oxygens (including phenoxy) is 1. The average Bonchev–Trinajstić information content (AvgIpc) is 3.35. The van der Waals surface area contributed by atoms with E-state index in [-0.39, 0.29) is 18.5 Å². The number of hydrogen-bond donors (Lipinski definition) is 3. The van der Waals surface area contributed by atoms with E-state index >= 15 is 0 Å². The molecule has 0 bridgehead atoms. The van der Waals surface area contributed by atoms with Crippen molar-refractivity contribution >= 4 is 11.9 Å². The van der Waals surface area contributed by atoms with Crippen molar-refractivity contribution in [3.63, 3.8) is 0 Å². The van der Waals surface area contributed by atoms with Crippen LogP contribution < -0.4 is 5.32 Å². The molecule has 6 heteroatoms. The number of unbranched alkanes of at least 4 members (excludes halogenated alkanes) is 48. The Hall–Kier alpha value is -1.40. The molecule has 2 unspecified atom stereocenters. The van der Waals surface area contributed by atoms with Gasteiger partial charge in [0.1, 0.15) is 0 Å². The number of esters is 1. The Labute approximate surface area is 431 Å². The maximum absolute atomic E-state index is 12.5. The molecule has 6 nitrogen and oxygen atoms in total. The van der Waals surface area contributed by atoms with E-state index in [1.807, 2.05) is 6.08 Å². The van der Waals surface area contributed by atoms with Gasteiger partial charge in [-0.25, -0.2) is 0 Å². The van der Waals surface area contributed by atoms with Crippen LogP contribution in [-0.2, 0) is 14.3 Å². The van der Waals surface area contributed by atoms with Gasteiger partial charge < -0.3 is 20.3 Å². The van der Waals surface area contributed by atoms with Gasteiger partial charge in [0.2, 0.25) is 5.91 Å². The van der Waals surface area contributed by atoms with Crippen LogP contribution in [0, 0.1) is 0 Å². The highest BCUT2D eigenvalue weighted by Crippen LogP contribution is 2.18. The molecule has 0 aromatic rings. The van der Waals surface area contributed by atoms with Crippen LogP contribution >= 0.6 is 0 Å². The standard InChI is InChI=1S/C63H123NO5/c1-3-5-7-9-11-13-15-17-19-20-21-22-23-24-25-26-27-28-29-31-35-39-43-47-51-55-61(66)60(59-65)64-62(67)56-52-48-44-40-36-32-30-34-38-42-46-50-54-58-69-63(68)57-53-49-45-41-37-33-18-16-14-12-10-8-6-4-2/h51,55,60-61,65-66H,3-50,52-54,56-59H2,1-2H3,(H,64,67)/b55-51+. The summed E-state index contributed by atoms with van der Waals surface area (Å²) in [6, 6.07) is -0.638. The third-order valence-corrected chi connectivity index (χ3v) is 14.8. The molecular formula is C63H123NO5. The van der Waals surface area contributed by atoms with E-state index in [1.165, 1.54) is 270 Å². The topological polar surface area (TPSA) is 95.9 Å². The van der Waals surface area contributed by atoms with Crippen LogP contribution in [0.15, 0.2) is 12.2 Å². The second-order valence-corrected chi connectivity index (χ2v) is 21.8. The number of allylic oxidation sites excluding steroid dienone is 1. The molecular weight excluding hydrogens is 851 g/mol. The van der Waals surface area contributed by atoms with Gasteiger partial charge in [-0.1, -0.05) is 321 Å². The zero-order chi connectivity index (χ0) is 50.0. The van der Waals surface area contributed by atoms with Gasteiger partial charge >= 0.3 is 5.97 Å². The molecule has 1 amide bonds. The van der Waals surface area contributed by atoms with Gasteiger partial charge in [-0.05, 0) is 32.1 Å². The lowest BCUT2D eigenvalue weighted by Crippen LogP contribution is -2.45. The first-order valence-electron chi connectivity index (χ1n) is 31.5. The molecule has 0 saturated carbocycles. The molecule has 0 heterocycles. The van der Waals surface area contributed by atoms with Crippen LogP contribution in [-0.4, -0.2) is 47.4 Å². The highest BCUT2D eigenvalue weighted by Gasteiger charge is 2.18. The average molecular weight is 975 g/mol. The Kier molecular flexibility index (Phi) is 58.0. The van der Waals surface area contributed by atoms with Crippen molar-refractivity contribution < 1.29 is 24.5 Å². The van der Waals surface area contributed by atoms with E-state index < -0.39 is 12.1 Å². The number of rotatable bonds is 59. The molecule has 0 rings (SSSR count). The quantitative estimate of drug-likeness (QED) is 0.0321. The van der Waals surface area contributed by atoms with Gasteiger partial charge in [0, 0.05) is 12.8 Å². The van der Waals surface area contributed by atoms with Crippen molar-refractivity contribution in [2.45, 2.75) is 366 Å². The predicted molar refractivity (Wildman–Crippen MR) is 301 cm³/mol. The molecule has 0 radical (unpaired) electrons. The molecule has 0 aliphatic carbocycles. The summed E-state index contributed by atoms with van der Waals surface area (Å²) in [5, 5.41) is 23.2. The van der Waals surface area contributed by atoms with E-state index in [1.54, 1.807) is 6.08 Å². The fourth-order valence-electron chi connectivity index (χ4n) is 9.99. The van der Waals surface area contributed by atoms with Crippen LogP contribution in [0.1, 0.15) is 354 Å². The minimum Gasteiger partial charge on any atom is -0.466 e. The Morgan fingerprint density at radius 1 is 0.391 bits per heavy atom. The highest BCUT2D eigenvalue weighted by molar-refractivity contribution is 5.76. The van der Waals surface area contributed by atoms with Crippen LogP contribution in [0.4, 0.5) is 0 Å². The molecule has 0 aliphatic heterocycles. The molecule has 0 aliphatic rings. The van der Waals surface area contributed by atoms with Crippen molar-refractivity contribution in [1.82, 2.24) is 5.32 Å². The van der Waals surface area contributed by atoms with Gasteiger partial charge in [0.05, 0.1) is 25.4 Å². The number of aliphatic hydroxyl groups is 2. The third kappa shape index (κ3) is 55.8. The maximum atomic E-state index is 12.5. The fraction of sp³-hybridized carbons (Fsp3) is 0.937. The number of amides is 1. The van der Waals surface area contributed by atoms with E-state index in [0.717, 1.165) is 57.8 Å². The van der Waals surface area contributed by atoms with Crippen LogP contribution in [0.25, 0.3) is 0 Å². The Morgan fingerprint density at radius 3 is 0.986 bits per heavy atom. The van der Waals surface area contributed by atoms with Gasteiger partial charge in [-0.3, -0.25) is 9.59 Å². The van der Waals surface area contributed by atoms with Crippen LogP contribution in [0.3, 0.4) is 0 Å². The minimum absolute atomic E-state index is 0.00336. The molecule has 2 atom stereocenters. The molecule has 0 saturated heterocycles. The normalized spacial score (nSPS) is 12.6. The number of carbonyl (C=O) groups excluding carboxylic acids is 2. The summed E-state index contributed by atoms with van der Waals surface area (Å²) in [5.74, 6) is -0.0795. The highest BCUT2D eigenvalue weighted by atomic mass is 16.5. The van der Waals surface area contributed by atoms with E-state index in [4.69, 9.17) is 4.74 Å². The summed E-state index contributed by atoms with van der Waals surface area (Å²) in [5.41, 5.74) is 0. The monoisotopic (exact) mass is 974 g/mol. The second kappa shape index (κ2) is 59.2. The van der Waals surface area contributed by atoms with E-state index in [0.29, 0.717) is 19.4 Å². The molecule has 3 N–H and O–H groups in total. The Balaban J connectivity index is 3.46. The predicted octanol–water partition coefficient (Wildman–Crippen LogP) is 19.6. The first kappa shape index (κ1) is 67.6. The minimum atomic E-state index is -0.853. The lowest BCUT2D eigenvalue weighted by molar-refractivity contribution is -0.143. The summed E-state index contributed by atoms with van der Waals surface area (Å²) in [7, 11) is 0. The molecule has 410 valence electrons. The smallest absolute Gasteiger partial charge is 0.305 e.